The van der Waals surface area contributed by atoms with Crippen LogP contribution in [0.1, 0.15) is 22.3 Å². The Hall–Kier alpha value is -9.36. The van der Waals surface area contributed by atoms with E-state index in [0.29, 0.717) is 22.6 Å². The molecule has 0 spiro atoms. The van der Waals surface area contributed by atoms with Crippen LogP contribution in [0.5, 0.6) is 11.5 Å². The number of hydrogen-bond donors (Lipinski definition) is 0. The third-order valence-corrected chi connectivity index (χ3v) is 11.8. The molecule has 0 heterocycles. The topological polar surface area (TPSA) is 72.5 Å². The van der Waals surface area contributed by atoms with Crippen molar-refractivity contribution in [2.75, 3.05) is 24.0 Å². The van der Waals surface area contributed by atoms with E-state index >= 15 is 0 Å². The van der Waals surface area contributed by atoms with Crippen LogP contribution in [0, 0.1) is 22.7 Å². The number of hydrogen-bond acceptors (Lipinski definition) is 6. The molecule has 0 aliphatic rings. The highest BCUT2D eigenvalue weighted by Gasteiger charge is 2.18. The Balaban J connectivity index is 1.24. The fourth-order valence-electron chi connectivity index (χ4n) is 8.37. The van der Waals surface area contributed by atoms with Gasteiger partial charge in [-0.15, -0.1) is 0 Å². The van der Waals surface area contributed by atoms with Gasteiger partial charge in [0.1, 0.15) is 11.5 Å². The Bertz CT molecular complexity index is 2960. The standard InChI is InChI=1S/C62H46N4O2/c1-67-59-35-27-45(28-36-59)51(43-63)39-49-41-62(48-25-33-58(34-26-48)66(55-19-11-5-12-20-55)56-21-13-6-14-22-56)50(40-52(44-64)46-29-37-60(68-2)38-30-46)42-61(49)47-23-31-57(32-24-47)65(53-15-7-3-8-16-53)54-17-9-4-10-18-54/h3-42H,1-2H3/b51-39+,52-40+. The van der Waals surface area contributed by atoms with Crippen molar-refractivity contribution in [1.29, 1.82) is 10.5 Å². The van der Waals surface area contributed by atoms with Crippen LogP contribution >= 0.6 is 0 Å². The summed E-state index contributed by atoms with van der Waals surface area (Å²) in [5.41, 5.74) is 14.0. The van der Waals surface area contributed by atoms with Crippen LogP contribution in [0.15, 0.2) is 231 Å². The number of allylic oxidation sites excluding steroid dienone is 2. The third kappa shape index (κ3) is 9.67. The SMILES string of the molecule is COc1ccc(/C(C#N)=C/c2cc(-c3ccc(N(c4ccccc4)c4ccccc4)cc3)c(/C=C(\C#N)c3ccc(OC)cc3)cc2-c2ccc(N(c3ccccc3)c3ccccc3)cc2)cc1. The number of para-hydroxylation sites is 4. The lowest BCUT2D eigenvalue weighted by molar-refractivity contribution is 0.414. The van der Waals surface area contributed by atoms with Crippen molar-refractivity contribution in [3.8, 4) is 45.9 Å². The van der Waals surface area contributed by atoms with Gasteiger partial charge < -0.3 is 19.3 Å². The van der Waals surface area contributed by atoms with Gasteiger partial charge in [0.15, 0.2) is 0 Å². The molecular formula is C62H46N4O2. The van der Waals surface area contributed by atoms with E-state index in [2.05, 4.69) is 131 Å². The highest BCUT2D eigenvalue weighted by molar-refractivity contribution is 5.99. The molecule has 0 amide bonds. The highest BCUT2D eigenvalue weighted by Crippen LogP contribution is 2.41. The lowest BCUT2D eigenvalue weighted by Crippen LogP contribution is -2.09. The first kappa shape index (κ1) is 43.9. The minimum absolute atomic E-state index is 0.492. The van der Waals surface area contributed by atoms with Crippen molar-refractivity contribution >= 4 is 57.4 Å². The number of benzene rings is 9. The monoisotopic (exact) mass is 878 g/mol. The summed E-state index contributed by atoms with van der Waals surface area (Å²) in [4.78, 5) is 4.46. The van der Waals surface area contributed by atoms with Crippen LogP contribution in [0.4, 0.5) is 34.1 Å². The molecule has 0 aromatic heterocycles. The van der Waals surface area contributed by atoms with Crippen LogP contribution in [0.25, 0.3) is 45.6 Å². The zero-order valence-electron chi connectivity index (χ0n) is 37.7. The molecule has 6 nitrogen and oxygen atoms in total. The first-order valence-corrected chi connectivity index (χ1v) is 22.3. The zero-order valence-corrected chi connectivity index (χ0v) is 37.7. The molecule has 326 valence electrons. The van der Waals surface area contributed by atoms with Crippen molar-refractivity contribution in [3.63, 3.8) is 0 Å². The largest absolute Gasteiger partial charge is 0.497 e. The number of nitriles is 2. The molecule has 0 aliphatic carbocycles. The van der Waals surface area contributed by atoms with Crippen LogP contribution in [-0.2, 0) is 0 Å². The molecule has 6 heteroatoms. The Morgan fingerprint density at radius 1 is 0.368 bits per heavy atom. The Morgan fingerprint density at radius 2 is 0.647 bits per heavy atom. The van der Waals surface area contributed by atoms with E-state index in [1.807, 2.05) is 133 Å². The number of methoxy groups -OCH3 is 2. The number of rotatable bonds is 14. The molecule has 0 radical (unpaired) electrons. The van der Waals surface area contributed by atoms with E-state index in [-0.39, 0.29) is 0 Å². The molecule has 0 aliphatic heterocycles. The molecule has 0 fully saturated rings. The lowest BCUT2D eigenvalue weighted by Gasteiger charge is -2.26. The molecule has 0 bridgehead atoms. The molecule has 0 N–H and O–H groups in total. The fourth-order valence-corrected chi connectivity index (χ4v) is 8.37. The zero-order chi connectivity index (χ0) is 46.7. The maximum Gasteiger partial charge on any atom is 0.118 e. The number of nitrogens with zero attached hydrogens (tertiary/aromatic N) is 4. The lowest BCUT2D eigenvalue weighted by atomic mass is 9.88. The van der Waals surface area contributed by atoms with Gasteiger partial charge in [0.25, 0.3) is 0 Å². The van der Waals surface area contributed by atoms with Gasteiger partial charge in [0.05, 0.1) is 37.5 Å². The summed E-state index contributed by atoms with van der Waals surface area (Å²) in [6.07, 6.45) is 3.91. The molecule has 68 heavy (non-hydrogen) atoms. The van der Waals surface area contributed by atoms with Crippen LogP contribution in [-0.4, -0.2) is 14.2 Å². The summed E-state index contributed by atoms with van der Waals surface area (Å²) >= 11 is 0. The Kier molecular flexibility index (Phi) is 13.3. The molecular weight excluding hydrogens is 833 g/mol. The predicted molar refractivity (Wildman–Crippen MR) is 280 cm³/mol. The van der Waals surface area contributed by atoms with Crippen LogP contribution in [0.2, 0.25) is 0 Å². The van der Waals surface area contributed by atoms with Gasteiger partial charge >= 0.3 is 0 Å². The maximum absolute atomic E-state index is 10.8. The van der Waals surface area contributed by atoms with E-state index in [4.69, 9.17) is 9.47 Å². The molecule has 9 aromatic carbocycles. The maximum atomic E-state index is 10.8. The molecule has 0 atom stereocenters. The quantitative estimate of drug-likeness (QED) is 0.0800. The van der Waals surface area contributed by atoms with Crippen molar-refractivity contribution in [2.24, 2.45) is 0 Å². The molecule has 9 aromatic rings. The summed E-state index contributed by atoms with van der Waals surface area (Å²) in [5, 5.41) is 21.5. The minimum Gasteiger partial charge on any atom is -0.497 e. The van der Waals surface area contributed by atoms with E-state index in [9.17, 15) is 10.5 Å². The smallest absolute Gasteiger partial charge is 0.118 e. The van der Waals surface area contributed by atoms with Gasteiger partial charge in [-0.3, -0.25) is 0 Å². The van der Waals surface area contributed by atoms with Crippen molar-refractivity contribution in [1.82, 2.24) is 0 Å². The minimum atomic E-state index is 0.492. The van der Waals surface area contributed by atoms with E-state index < -0.39 is 0 Å². The fraction of sp³-hybridized carbons (Fsp3) is 0.0323. The second kappa shape index (κ2) is 20.6. The van der Waals surface area contributed by atoms with E-state index in [0.717, 1.165) is 78.6 Å². The van der Waals surface area contributed by atoms with Gasteiger partial charge in [-0.25, -0.2) is 0 Å². The average molecular weight is 879 g/mol. The summed E-state index contributed by atoms with van der Waals surface area (Å²) < 4.78 is 10.9. The summed E-state index contributed by atoms with van der Waals surface area (Å²) in [7, 11) is 3.26. The summed E-state index contributed by atoms with van der Waals surface area (Å²) in [6, 6.07) is 82.6. The first-order chi connectivity index (χ1) is 33.5. The molecule has 0 saturated heterocycles. The number of ether oxygens (including phenoxy) is 2. The van der Waals surface area contributed by atoms with Crippen molar-refractivity contribution in [3.05, 3.63) is 253 Å². The molecule has 0 saturated carbocycles. The summed E-state index contributed by atoms with van der Waals surface area (Å²) in [5.74, 6) is 1.41. The summed E-state index contributed by atoms with van der Waals surface area (Å²) in [6.45, 7) is 0. The van der Waals surface area contributed by atoms with E-state index in [1.165, 1.54) is 0 Å². The van der Waals surface area contributed by atoms with Gasteiger partial charge in [-0.2, -0.15) is 10.5 Å². The van der Waals surface area contributed by atoms with Gasteiger partial charge in [-0.05, 0) is 190 Å². The Morgan fingerprint density at radius 3 is 0.912 bits per heavy atom. The van der Waals surface area contributed by atoms with Crippen LogP contribution in [0.3, 0.4) is 0 Å². The van der Waals surface area contributed by atoms with Gasteiger partial charge in [0, 0.05) is 34.1 Å². The normalized spacial score (nSPS) is 11.2. The van der Waals surface area contributed by atoms with Gasteiger partial charge in [0.2, 0.25) is 0 Å². The Labute approximate surface area is 398 Å². The second-order valence-electron chi connectivity index (χ2n) is 15.9. The first-order valence-electron chi connectivity index (χ1n) is 22.3. The van der Waals surface area contributed by atoms with Gasteiger partial charge in [-0.1, -0.05) is 97.1 Å². The second-order valence-corrected chi connectivity index (χ2v) is 15.9. The van der Waals surface area contributed by atoms with Crippen LogP contribution < -0.4 is 19.3 Å². The molecule has 0 unspecified atom stereocenters. The van der Waals surface area contributed by atoms with Crippen molar-refractivity contribution < 1.29 is 9.47 Å². The van der Waals surface area contributed by atoms with Crippen molar-refractivity contribution in [2.45, 2.75) is 0 Å². The average Bonchev–Trinajstić information content (AvgIpc) is 3.41. The predicted octanol–water partition coefficient (Wildman–Crippen LogP) is 16.1. The molecule has 9 rings (SSSR count). The third-order valence-electron chi connectivity index (χ3n) is 11.8. The highest BCUT2D eigenvalue weighted by atomic mass is 16.5. The number of anilines is 6. The van der Waals surface area contributed by atoms with E-state index in [1.54, 1.807) is 14.2 Å².